The van der Waals surface area contributed by atoms with Crippen LogP contribution in [0.15, 0.2) is 29.2 Å². The zero-order valence-corrected chi connectivity index (χ0v) is 7.26. The van der Waals surface area contributed by atoms with Crippen molar-refractivity contribution in [2.45, 2.75) is 4.90 Å². The Hall–Kier alpha value is -1.07. The highest BCUT2D eigenvalue weighted by Gasteiger charge is 2.10. The summed E-state index contributed by atoms with van der Waals surface area (Å²) >= 11 is 0. The molecular formula is C7H8NO3S. The molecule has 0 heterocycles. The summed E-state index contributed by atoms with van der Waals surface area (Å²) in [5.74, 6) is -0.314. The largest absolute Gasteiger partial charge is 0.290 e. The van der Waals surface area contributed by atoms with Crippen LogP contribution < -0.4 is 4.72 Å². The Bertz CT molecular complexity index is 372. The molecule has 0 aliphatic carbocycles. The van der Waals surface area contributed by atoms with E-state index in [4.69, 9.17) is 0 Å². The van der Waals surface area contributed by atoms with Gasteiger partial charge in [0.2, 0.25) is 10.0 Å². The van der Waals surface area contributed by atoms with E-state index in [-0.39, 0.29) is 10.6 Å². The fourth-order valence-corrected chi connectivity index (χ4v) is 1.52. The minimum Gasteiger partial charge on any atom is -0.290 e. The Labute approximate surface area is 70.9 Å². The van der Waals surface area contributed by atoms with Gasteiger partial charge < -0.3 is 0 Å². The third-order valence-electron chi connectivity index (χ3n) is 1.38. The van der Waals surface area contributed by atoms with Crippen LogP contribution in [0.2, 0.25) is 0 Å². The third kappa shape index (κ3) is 1.75. The Kier molecular flexibility index (Phi) is 2.35. The second-order valence-electron chi connectivity index (χ2n) is 2.18. The highest BCUT2D eigenvalue weighted by Crippen LogP contribution is 2.15. The summed E-state index contributed by atoms with van der Waals surface area (Å²) in [6.45, 7) is 0. The predicted molar refractivity (Wildman–Crippen MR) is 42.8 cm³/mol. The minimum absolute atomic E-state index is 0.00231. The van der Waals surface area contributed by atoms with E-state index in [1.807, 2.05) is 0 Å². The average molecular weight is 186 g/mol. The Balaban J connectivity index is 3.21. The summed E-state index contributed by atoms with van der Waals surface area (Å²) in [4.78, 5) is -0.00231. The highest BCUT2D eigenvalue weighted by atomic mass is 32.2. The van der Waals surface area contributed by atoms with Gasteiger partial charge in [0.15, 0.2) is 5.75 Å². The molecule has 0 unspecified atom stereocenters. The maximum atomic E-state index is 11.1. The van der Waals surface area contributed by atoms with E-state index in [1.54, 1.807) is 0 Å². The summed E-state index contributed by atoms with van der Waals surface area (Å²) in [5.41, 5.74) is 0. The second kappa shape index (κ2) is 3.12. The molecule has 0 spiro atoms. The van der Waals surface area contributed by atoms with Crippen LogP contribution in [-0.4, -0.2) is 15.5 Å². The van der Waals surface area contributed by atoms with Gasteiger partial charge in [-0.05, 0) is 19.2 Å². The summed E-state index contributed by atoms with van der Waals surface area (Å²) in [6.07, 6.45) is 0. The molecule has 1 aromatic rings. The van der Waals surface area contributed by atoms with Crippen molar-refractivity contribution in [1.82, 2.24) is 4.72 Å². The molecule has 0 bridgehead atoms. The first-order chi connectivity index (χ1) is 5.56. The zero-order valence-electron chi connectivity index (χ0n) is 6.44. The molecule has 1 radical (unpaired) electrons. The molecule has 0 atom stereocenters. The minimum atomic E-state index is -3.47. The number of hydrogen-bond donors (Lipinski definition) is 1. The smallest absolute Gasteiger partial charge is 0.240 e. The molecule has 1 rings (SSSR count). The molecule has 4 nitrogen and oxygen atoms in total. The van der Waals surface area contributed by atoms with Crippen molar-refractivity contribution in [3.8, 4) is 5.75 Å². The summed E-state index contributed by atoms with van der Waals surface area (Å²) in [5, 5.41) is 10.8. The first-order valence-corrected chi connectivity index (χ1v) is 4.75. The van der Waals surface area contributed by atoms with E-state index in [2.05, 4.69) is 4.72 Å². The predicted octanol–water partition coefficient (Wildman–Crippen LogP) is 0.738. The van der Waals surface area contributed by atoms with E-state index >= 15 is 0 Å². The van der Waals surface area contributed by atoms with Crippen molar-refractivity contribution in [3.63, 3.8) is 0 Å². The SMILES string of the molecule is CNS(=O)(=O)c1cccc([O])c1. The van der Waals surface area contributed by atoms with Crippen molar-refractivity contribution in [2.75, 3.05) is 7.05 Å². The van der Waals surface area contributed by atoms with E-state index in [0.29, 0.717) is 0 Å². The number of rotatable bonds is 2. The Morgan fingerprint density at radius 3 is 2.50 bits per heavy atom. The molecule has 1 N–H and O–H groups in total. The maximum Gasteiger partial charge on any atom is 0.240 e. The first kappa shape index (κ1) is 9.02. The maximum absolute atomic E-state index is 11.1. The lowest BCUT2D eigenvalue weighted by Crippen LogP contribution is -2.18. The molecule has 0 saturated heterocycles. The van der Waals surface area contributed by atoms with Crippen LogP contribution in [0.1, 0.15) is 0 Å². The van der Waals surface area contributed by atoms with Crippen molar-refractivity contribution < 1.29 is 13.5 Å². The molecule has 65 valence electrons. The number of benzene rings is 1. The van der Waals surface area contributed by atoms with E-state index < -0.39 is 10.0 Å². The molecular weight excluding hydrogens is 178 g/mol. The van der Waals surface area contributed by atoms with Gasteiger partial charge in [0, 0.05) is 6.07 Å². The van der Waals surface area contributed by atoms with Crippen molar-refractivity contribution in [2.24, 2.45) is 0 Å². The molecule has 0 saturated carbocycles. The molecule has 0 aliphatic rings. The molecule has 12 heavy (non-hydrogen) atoms. The fourth-order valence-electron chi connectivity index (χ4n) is 0.759. The Morgan fingerprint density at radius 1 is 1.33 bits per heavy atom. The third-order valence-corrected chi connectivity index (χ3v) is 2.80. The van der Waals surface area contributed by atoms with Gasteiger partial charge in [-0.25, -0.2) is 13.1 Å². The normalized spacial score (nSPS) is 11.4. The molecule has 5 heteroatoms. The number of sulfonamides is 1. The quantitative estimate of drug-likeness (QED) is 0.740. The lowest BCUT2D eigenvalue weighted by molar-refractivity contribution is 0.353. The van der Waals surface area contributed by atoms with Crippen molar-refractivity contribution in [3.05, 3.63) is 24.3 Å². The van der Waals surface area contributed by atoms with Crippen LogP contribution in [0.4, 0.5) is 0 Å². The van der Waals surface area contributed by atoms with Crippen LogP contribution in [0.3, 0.4) is 0 Å². The van der Waals surface area contributed by atoms with Gasteiger partial charge in [-0.15, -0.1) is 0 Å². The lowest BCUT2D eigenvalue weighted by Gasteiger charge is -2.00. The summed E-state index contributed by atoms with van der Waals surface area (Å²) in [6, 6.07) is 5.15. The highest BCUT2D eigenvalue weighted by molar-refractivity contribution is 7.89. The van der Waals surface area contributed by atoms with E-state index in [0.717, 1.165) is 6.07 Å². The Morgan fingerprint density at radius 2 is 2.00 bits per heavy atom. The van der Waals surface area contributed by atoms with Crippen molar-refractivity contribution >= 4 is 10.0 Å². The molecule has 0 aliphatic heterocycles. The molecule has 0 fully saturated rings. The first-order valence-electron chi connectivity index (χ1n) is 3.27. The second-order valence-corrected chi connectivity index (χ2v) is 4.07. The monoisotopic (exact) mass is 186 g/mol. The van der Waals surface area contributed by atoms with Crippen LogP contribution in [0.5, 0.6) is 5.75 Å². The van der Waals surface area contributed by atoms with Crippen LogP contribution in [0.25, 0.3) is 0 Å². The van der Waals surface area contributed by atoms with Gasteiger partial charge in [0.1, 0.15) is 0 Å². The van der Waals surface area contributed by atoms with Crippen LogP contribution >= 0.6 is 0 Å². The van der Waals surface area contributed by atoms with Gasteiger partial charge >= 0.3 is 0 Å². The van der Waals surface area contributed by atoms with Crippen LogP contribution in [-0.2, 0) is 15.1 Å². The number of hydrogen-bond acceptors (Lipinski definition) is 2. The molecule has 1 aromatic carbocycles. The van der Waals surface area contributed by atoms with Crippen molar-refractivity contribution in [1.29, 1.82) is 0 Å². The van der Waals surface area contributed by atoms with E-state index in [1.165, 1.54) is 25.2 Å². The topological polar surface area (TPSA) is 66.1 Å². The van der Waals surface area contributed by atoms with Gasteiger partial charge in [0.25, 0.3) is 0 Å². The van der Waals surface area contributed by atoms with Gasteiger partial charge in [0.05, 0.1) is 4.90 Å². The van der Waals surface area contributed by atoms with E-state index in [9.17, 15) is 13.5 Å². The number of nitrogens with one attached hydrogen (secondary N) is 1. The molecule has 0 aromatic heterocycles. The summed E-state index contributed by atoms with van der Waals surface area (Å²) < 4.78 is 24.3. The summed E-state index contributed by atoms with van der Waals surface area (Å²) in [7, 11) is -2.17. The fraction of sp³-hybridized carbons (Fsp3) is 0.143. The lowest BCUT2D eigenvalue weighted by atomic mass is 10.3. The standard InChI is InChI=1S/C7H8NO3S/c1-8-12(10,11)7-4-2-3-6(9)5-7/h2-5,8H,1H3. The van der Waals surface area contributed by atoms with Gasteiger partial charge in [-0.1, -0.05) is 6.07 Å². The zero-order chi connectivity index (χ0) is 9.19. The van der Waals surface area contributed by atoms with Gasteiger partial charge in [-0.2, -0.15) is 0 Å². The average Bonchev–Trinajstić information content (AvgIpc) is 2.05. The van der Waals surface area contributed by atoms with Crippen LogP contribution in [0, 0.1) is 0 Å². The van der Waals surface area contributed by atoms with Gasteiger partial charge in [-0.3, -0.25) is 5.11 Å². The molecule has 0 amide bonds.